The first-order valence-corrected chi connectivity index (χ1v) is 9.81. The van der Waals surface area contributed by atoms with Crippen molar-refractivity contribution in [1.29, 1.82) is 0 Å². The lowest BCUT2D eigenvalue weighted by atomic mass is 9.61. The van der Waals surface area contributed by atoms with Crippen molar-refractivity contribution in [3.8, 4) is 0 Å². The van der Waals surface area contributed by atoms with Crippen LogP contribution in [0.1, 0.15) is 42.9 Å². The van der Waals surface area contributed by atoms with E-state index in [1.807, 2.05) is 17.0 Å². The Balaban J connectivity index is 1.39. The van der Waals surface area contributed by atoms with Gasteiger partial charge >= 0.3 is 6.03 Å². The number of carbonyl (C=O) groups excluding carboxylic acids is 1. The largest absolute Gasteiger partial charge is 0.384 e. The number of nitrogens with one attached hydrogen (secondary N) is 1. The number of amides is 2. The number of hydrogen-bond donors (Lipinski definition) is 1. The van der Waals surface area contributed by atoms with Gasteiger partial charge in [0, 0.05) is 25.6 Å². The predicted octanol–water partition coefficient (Wildman–Crippen LogP) is 4.44. The van der Waals surface area contributed by atoms with Crippen LogP contribution in [0.15, 0.2) is 12.1 Å². The molecule has 1 aromatic rings. The number of likely N-dealkylation sites (tertiary alicyclic amines) is 1. The molecular weight excluding hydrogens is 359 g/mol. The van der Waals surface area contributed by atoms with Crippen LogP contribution in [0.25, 0.3) is 0 Å². The molecule has 4 rings (SSSR count). The molecule has 1 heterocycles. The summed E-state index contributed by atoms with van der Waals surface area (Å²) in [5.41, 5.74) is 2.35. The second-order valence-electron chi connectivity index (χ2n) is 7.75. The Kier molecular flexibility index (Phi) is 4.63. The summed E-state index contributed by atoms with van der Waals surface area (Å²) in [6.07, 6.45) is 5.59. The highest BCUT2D eigenvalue weighted by Crippen LogP contribution is 2.48. The van der Waals surface area contributed by atoms with Crippen molar-refractivity contribution in [3.05, 3.63) is 33.3 Å². The Bertz CT molecular complexity index is 684. The number of hydrogen-bond acceptors (Lipinski definition) is 2. The van der Waals surface area contributed by atoms with E-state index >= 15 is 0 Å². The summed E-state index contributed by atoms with van der Waals surface area (Å²) in [5.74, 6) is 0.713. The van der Waals surface area contributed by atoms with Crippen LogP contribution >= 0.6 is 23.2 Å². The third-order valence-electron chi connectivity index (χ3n) is 6.29. The lowest BCUT2D eigenvalue weighted by Gasteiger charge is -2.56. The minimum atomic E-state index is 0.0231. The molecule has 1 saturated heterocycles. The van der Waals surface area contributed by atoms with Crippen molar-refractivity contribution < 1.29 is 9.53 Å². The molecule has 0 bridgehead atoms. The van der Waals surface area contributed by atoms with Gasteiger partial charge in [-0.25, -0.2) is 4.79 Å². The molecule has 2 aliphatic carbocycles. The summed E-state index contributed by atoms with van der Waals surface area (Å²) in [4.78, 5) is 14.6. The number of fused-ring (bicyclic) bond motifs is 1. The lowest BCUT2D eigenvalue weighted by Crippen LogP contribution is -2.66. The van der Waals surface area contributed by atoms with Crippen LogP contribution in [0, 0.1) is 11.3 Å². The maximum absolute atomic E-state index is 12.7. The Morgan fingerprint density at radius 1 is 1.32 bits per heavy atom. The SMILES string of the molecule is COCC1(C2CCC2)CN(C(=O)N[C@H]2CCc3c2ccc(Cl)c3Cl)C1. The fourth-order valence-corrected chi connectivity index (χ4v) is 5.10. The maximum atomic E-state index is 12.7. The smallest absolute Gasteiger partial charge is 0.317 e. The van der Waals surface area contributed by atoms with E-state index in [0.29, 0.717) is 16.0 Å². The number of urea groups is 1. The van der Waals surface area contributed by atoms with Crippen molar-refractivity contribution in [2.24, 2.45) is 11.3 Å². The van der Waals surface area contributed by atoms with Crippen molar-refractivity contribution in [3.63, 3.8) is 0 Å². The van der Waals surface area contributed by atoms with Crippen LogP contribution in [-0.2, 0) is 11.2 Å². The highest BCUT2D eigenvalue weighted by molar-refractivity contribution is 6.42. The van der Waals surface area contributed by atoms with E-state index in [2.05, 4.69) is 5.32 Å². The molecule has 6 heteroatoms. The molecule has 25 heavy (non-hydrogen) atoms. The van der Waals surface area contributed by atoms with Gasteiger partial charge in [-0.3, -0.25) is 0 Å². The van der Waals surface area contributed by atoms with E-state index in [9.17, 15) is 4.79 Å². The van der Waals surface area contributed by atoms with Crippen LogP contribution in [0.2, 0.25) is 10.0 Å². The van der Waals surface area contributed by atoms with Gasteiger partial charge in [0.25, 0.3) is 0 Å². The second kappa shape index (κ2) is 6.64. The molecule has 0 spiro atoms. The van der Waals surface area contributed by atoms with Crippen molar-refractivity contribution in [1.82, 2.24) is 10.2 Å². The molecular formula is C19H24Cl2N2O2. The molecule has 1 atom stereocenters. The van der Waals surface area contributed by atoms with Gasteiger partial charge in [-0.1, -0.05) is 35.7 Å². The van der Waals surface area contributed by atoms with Gasteiger partial charge in [0.15, 0.2) is 0 Å². The quantitative estimate of drug-likeness (QED) is 0.835. The van der Waals surface area contributed by atoms with E-state index in [0.717, 1.165) is 43.7 Å². The number of benzene rings is 1. The van der Waals surface area contributed by atoms with Gasteiger partial charge in [-0.05, 0) is 48.8 Å². The standard InChI is InChI=1S/C19H24Cl2N2O2/c1-25-11-19(12-3-2-4-12)9-23(10-19)18(24)22-16-8-6-14-13(16)5-7-15(20)17(14)21/h5,7,12,16H,2-4,6,8-11H2,1H3,(H,22,24)/t16-/m0/s1. The first kappa shape index (κ1) is 17.4. The Morgan fingerprint density at radius 3 is 2.72 bits per heavy atom. The maximum Gasteiger partial charge on any atom is 0.317 e. The predicted molar refractivity (Wildman–Crippen MR) is 99.3 cm³/mol. The normalized spacial score (nSPS) is 24.4. The van der Waals surface area contributed by atoms with E-state index in [-0.39, 0.29) is 17.5 Å². The molecule has 1 aromatic carbocycles. The van der Waals surface area contributed by atoms with E-state index in [1.165, 1.54) is 19.3 Å². The number of nitrogens with zero attached hydrogens (tertiary/aromatic N) is 1. The Hall–Kier alpha value is -0.970. The lowest BCUT2D eigenvalue weighted by molar-refractivity contribution is -0.0941. The average Bonchev–Trinajstić information content (AvgIpc) is 2.89. The molecule has 1 saturated carbocycles. The topological polar surface area (TPSA) is 41.6 Å². The molecule has 3 aliphatic rings. The number of halogens is 2. The van der Waals surface area contributed by atoms with Crippen LogP contribution < -0.4 is 5.32 Å². The third kappa shape index (κ3) is 2.92. The highest BCUT2D eigenvalue weighted by Gasteiger charge is 2.52. The van der Waals surface area contributed by atoms with Crippen LogP contribution in [0.3, 0.4) is 0 Å². The monoisotopic (exact) mass is 382 g/mol. The zero-order valence-electron chi connectivity index (χ0n) is 14.5. The molecule has 2 fully saturated rings. The minimum absolute atomic E-state index is 0.0231. The fourth-order valence-electron chi connectivity index (χ4n) is 4.66. The zero-order valence-corrected chi connectivity index (χ0v) is 16.0. The van der Waals surface area contributed by atoms with Gasteiger partial charge in [-0.2, -0.15) is 0 Å². The highest BCUT2D eigenvalue weighted by atomic mass is 35.5. The number of methoxy groups -OCH3 is 1. The second-order valence-corrected chi connectivity index (χ2v) is 8.53. The first-order chi connectivity index (χ1) is 12.0. The molecule has 1 N–H and O–H groups in total. The summed E-state index contributed by atoms with van der Waals surface area (Å²) in [7, 11) is 1.76. The summed E-state index contributed by atoms with van der Waals surface area (Å²) < 4.78 is 5.45. The summed E-state index contributed by atoms with van der Waals surface area (Å²) >= 11 is 12.4. The average molecular weight is 383 g/mol. The van der Waals surface area contributed by atoms with Crippen molar-refractivity contribution in [2.75, 3.05) is 26.8 Å². The Morgan fingerprint density at radius 2 is 2.08 bits per heavy atom. The van der Waals surface area contributed by atoms with Crippen molar-refractivity contribution in [2.45, 2.75) is 38.1 Å². The van der Waals surface area contributed by atoms with E-state index < -0.39 is 0 Å². The summed E-state index contributed by atoms with van der Waals surface area (Å²) in [6, 6.07) is 3.85. The van der Waals surface area contributed by atoms with E-state index in [4.69, 9.17) is 27.9 Å². The number of carbonyl (C=O) groups is 1. The fraction of sp³-hybridized carbons (Fsp3) is 0.632. The van der Waals surface area contributed by atoms with Gasteiger partial charge < -0.3 is 15.0 Å². The number of rotatable bonds is 4. The molecule has 1 aliphatic heterocycles. The van der Waals surface area contributed by atoms with Crippen LogP contribution in [0.5, 0.6) is 0 Å². The summed E-state index contributed by atoms with van der Waals surface area (Å²) in [6.45, 7) is 2.36. The van der Waals surface area contributed by atoms with Gasteiger partial charge in [0.1, 0.15) is 0 Å². The van der Waals surface area contributed by atoms with Crippen molar-refractivity contribution >= 4 is 29.2 Å². The van der Waals surface area contributed by atoms with Crippen LogP contribution in [0.4, 0.5) is 4.79 Å². The molecule has 0 radical (unpaired) electrons. The third-order valence-corrected chi connectivity index (χ3v) is 7.13. The Labute approximate surface area is 158 Å². The molecule has 2 amide bonds. The molecule has 0 aromatic heterocycles. The van der Waals surface area contributed by atoms with Crippen LogP contribution in [-0.4, -0.2) is 37.7 Å². The van der Waals surface area contributed by atoms with Gasteiger partial charge in [0.2, 0.25) is 0 Å². The molecule has 4 nitrogen and oxygen atoms in total. The minimum Gasteiger partial charge on any atom is -0.384 e. The van der Waals surface area contributed by atoms with E-state index in [1.54, 1.807) is 7.11 Å². The van der Waals surface area contributed by atoms with Gasteiger partial charge in [0.05, 0.1) is 22.7 Å². The first-order valence-electron chi connectivity index (χ1n) is 9.05. The number of ether oxygens (including phenoxy) is 1. The van der Waals surface area contributed by atoms with Gasteiger partial charge in [-0.15, -0.1) is 0 Å². The summed E-state index contributed by atoms with van der Waals surface area (Å²) in [5, 5.41) is 4.39. The zero-order chi connectivity index (χ0) is 17.6. The molecule has 136 valence electrons. The molecule has 0 unspecified atom stereocenters.